The molecule has 68 valence electrons. The predicted octanol–water partition coefficient (Wildman–Crippen LogP) is -0.743. The zero-order chi connectivity index (χ0) is 9.14. The number of likely N-dealkylation sites (N-methyl/N-ethyl adjacent to an activating group) is 2. The summed E-state index contributed by atoms with van der Waals surface area (Å²) in [7, 11) is 8.80. The summed E-state index contributed by atoms with van der Waals surface area (Å²) in [6, 6.07) is 1.54. The van der Waals surface area contributed by atoms with Crippen molar-refractivity contribution in [2.45, 2.75) is 37.8 Å². The molecule has 0 aliphatic heterocycles. The first-order valence-corrected chi connectivity index (χ1v) is 4.96. The van der Waals surface area contributed by atoms with Gasteiger partial charge < -0.3 is 9.62 Å². The third-order valence-corrected chi connectivity index (χ3v) is 3.02. The molecule has 2 nitrogen and oxygen atoms in total. The monoisotopic (exact) mass is 166 g/mol. The second-order valence-electron chi connectivity index (χ2n) is 4.35. The third-order valence-electron chi connectivity index (χ3n) is 3.02. The van der Waals surface area contributed by atoms with Gasteiger partial charge in [-0.25, -0.2) is 0 Å². The van der Waals surface area contributed by atoms with Crippen LogP contribution in [0.4, 0.5) is 0 Å². The fourth-order valence-corrected chi connectivity index (χ4v) is 2.30. The van der Waals surface area contributed by atoms with Gasteiger partial charge in [0.25, 0.3) is 0 Å². The minimum absolute atomic E-state index is 0.772. The molecule has 0 saturated heterocycles. The van der Waals surface area contributed by atoms with Gasteiger partial charge in [0.2, 0.25) is 0 Å². The van der Waals surface area contributed by atoms with Gasteiger partial charge >= 0.3 is 0 Å². The van der Waals surface area contributed by atoms with Gasteiger partial charge in [-0.2, -0.15) is 0 Å². The molecule has 0 N–H and O–H groups in total. The van der Waals surface area contributed by atoms with Crippen LogP contribution >= 0.6 is 0 Å². The second-order valence-corrected chi connectivity index (χ2v) is 4.35. The summed E-state index contributed by atoms with van der Waals surface area (Å²) in [5.74, 6) is 0. The average molecular weight is 166 g/mol. The lowest BCUT2D eigenvalue weighted by Gasteiger charge is -2.40. The van der Waals surface area contributed by atoms with Crippen LogP contribution in [0, 0.1) is 0 Å². The Labute approximate surface area is 78.2 Å². The van der Waals surface area contributed by atoms with Gasteiger partial charge in [0, 0.05) is 12.1 Å². The normalized spacial score (nSPS) is 31.3. The highest BCUT2D eigenvalue weighted by Crippen LogP contribution is 2.23. The highest BCUT2D eigenvalue weighted by molar-refractivity contribution is 6.05. The molecule has 12 heavy (non-hydrogen) atoms. The highest BCUT2D eigenvalue weighted by Gasteiger charge is 2.27. The molecule has 0 spiro atoms. The quantitative estimate of drug-likeness (QED) is 0.498. The first-order chi connectivity index (χ1) is 5.63. The van der Waals surface area contributed by atoms with Crippen LogP contribution < -0.4 is 0 Å². The van der Waals surface area contributed by atoms with E-state index in [1.54, 1.807) is 0 Å². The summed E-state index contributed by atoms with van der Waals surface area (Å²) >= 11 is 0. The molecule has 2 unspecified atom stereocenters. The van der Waals surface area contributed by atoms with Crippen molar-refractivity contribution >= 4 is 16.0 Å². The van der Waals surface area contributed by atoms with Crippen molar-refractivity contribution in [1.29, 1.82) is 0 Å². The Morgan fingerprint density at radius 1 is 0.917 bits per heavy atom. The van der Waals surface area contributed by atoms with E-state index >= 15 is 0 Å². The Balaban J connectivity index is 2.54. The maximum atomic E-state index is 2.38. The standard InChI is InChI=1S/C8H20B2N2/c1-11(9)7-5-3-4-6-8(7)12(2)10/h7-8H,3-6,9-10H2,1-2H3. The SMILES string of the molecule is BN(C)C1CCCCC1N(B)C. The van der Waals surface area contributed by atoms with Crippen LogP contribution in [-0.2, 0) is 0 Å². The Hall–Kier alpha value is 0.0499. The highest BCUT2D eigenvalue weighted by atomic mass is 15.1. The maximum Gasteiger partial charge on any atom is 0.185 e. The molecular formula is C8H20B2N2. The van der Waals surface area contributed by atoms with Gasteiger partial charge in [-0.1, -0.05) is 12.8 Å². The van der Waals surface area contributed by atoms with E-state index in [9.17, 15) is 0 Å². The smallest absolute Gasteiger partial charge is 0.185 e. The molecular weight excluding hydrogens is 146 g/mol. The van der Waals surface area contributed by atoms with Crippen molar-refractivity contribution in [3.63, 3.8) is 0 Å². The van der Waals surface area contributed by atoms with Crippen LogP contribution in [0.1, 0.15) is 25.7 Å². The minimum atomic E-state index is 0.772. The van der Waals surface area contributed by atoms with E-state index in [4.69, 9.17) is 0 Å². The Bertz CT molecular complexity index is 123. The van der Waals surface area contributed by atoms with Crippen molar-refractivity contribution in [1.82, 2.24) is 9.62 Å². The average Bonchev–Trinajstić information content (AvgIpc) is 2.04. The van der Waals surface area contributed by atoms with E-state index in [0.717, 1.165) is 12.1 Å². The Morgan fingerprint density at radius 2 is 1.25 bits per heavy atom. The zero-order valence-electron chi connectivity index (χ0n) is 8.88. The fourth-order valence-electron chi connectivity index (χ4n) is 2.30. The van der Waals surface area contributed by atoms with Crippen molar-refractivity contribution in [2.75, 3.05) is 14.1 Å². The molecule has 0 bridgehead atoms. The number of nitrogens with zero attached hydrogens (tertiary/aromatic N) is 2. The van der Waals surface area contributed by atoms with Crippen LogP contribution in [0.15, 0.2) is 0 Å². The van der Waals surface area contributed by atoms with Gasteiger partial charge in [-0.15, -0.1) is 0 Å². The van der Waals surface area contributed by atoms with Gasteiger partial charge in [0.1, 0.15) is 0 Å². The van der Waals surface area contributed by atoms with E-state index in [0.29, 0.717) is 0 Å². The fraction of sp³-hybridized carbons (Fsp3) is 1.00. The van der Waals surface area contributed by atoms with E-state index in [1.807, 2.05) is 0 Å². The molecule has 4 heteroatoms. The first kappa shape index (κ1) is 10.1. The molecule has 0 aromatic heterocycles. The van der Waals surface area contributed by atoms with E-state index in [-0.39, 0.29) is 0 Å². The number of hydrogen-bond donors (Lipinski definition) is 0. The molecule has 0 aromatic carbocycles. The molecule has 0 amide bonds. The van der Waals surface area contributed by atoms with Crippen molar-refractivity contribution < 1.29 is 0 Å². The maximum absolute atomic E-state index is 2.38. The minimum Gasteiger partial charge on any atom is -0.348 e. The third kappa shape index (κ3) is 2.27. The molecule has 0 heterocycles. The van der Waals surface area contributed by atoms with Crippen LogP contribution in [-0.4, -0.2) is 51.8 Å². The molecule has 2 atom stereocenters. The molecule has 1 saturated carbocycles. The molecule has 1 aliphatic carbocycles. The molecule has 1 rings (SSSR count). The van der Waals surface area contributed by atoms with Crippen LogP contribution in [0.5, 0.6) is 0 Å². The van der Waals surface area contributed by atoms with Gasteiger partial charge in [-0.05, 0) is 26.9 Å². The zero-order valence-corrected chi connectivity index (χ0v) is 8.88. The van der Waals surface area contributed by atoms with E-state index in [1.165, 1.54) is 25.7 Å². The summed E-state index contributed by atoms with van der Waals surface area (Å²) < 4.78 is 0. The summed E-state index contributed by atoms with van der Waals surface area (Å²) in [6.45, 7) is 0. The second kappa shape index (κ2) is 4.33. The molecule has 1 aliphatic rings. The summed E-state index contributed by atoms with van der Waals surface area (Å²) in [5.41, 5.74) is 0. The summed E-state index contributed by atoms with van der Waals surface area (Å²) in [4.78, 5) is 4.76. The molecule has 0 radical (unpaired) electrons. The number of hydrogen-bond acceptors (Lipinski definition) is 2. The van der Waals surface area contributed by atoms with Crippen molar-refractivity contribution in [3.8, 4) is 0 Å². The van der Waals surface area contributed by atoms with Gasteiger partial charge in [-0.3, -0.25) is 0 Å². The number of rotatable bonds is 2. The van der Waals surface area contributed by atoms with E-state index < -0.39 is 0 Å². The Kier molecular flexibility index (Phi) is 3.66. The van der Waals surface area contributed by atoms with Crippen molar-refractivity contribution in [3.05, 3.63) is 0 Å². The molecule has 0 aromatic rings. The summed E-state index contributed by atoms with van der Waals surface area (Å²) in [6.07, 6.45) is 5.56. The van der Waals surface area contributed by atoms with Crippen molar-refractivity contribution in [2.24, 2.45) is 0 Å². The lowest BCUT2D eigenvalue weighted by atomic mass is 9.86. The Morgan fingerprint density at radius 3 is 1.50 bits per heavy atom. The van der Waals surface area contributed by atoms with Crippen LogP contribution in [0.25, 0.3) is 0 Å². The predicted molar refractivity (Wildman–Crippen MR) is 58.7 cm³/mol. The largest absolute Gasteiger partial charge is 0.348 e. The topological polar surface area (TPSA) is 6.48 Å². The van der Waals surface area contributed by atoms with E-state index in [2.05, 4.69) is 39.7 Å². The van der Waals surface area contributed by atoms with Crippen LogP contribution in [0.3, 0.4) is 0 Å². The van der Waals surface area contributed by atoms with Crippen LogP contribution in [0.2, 0.25) is 0 Å². The lowest BCUT2D eigenvalue weighted by molar-refractivity contribution is 0.180. The lowest BCUT2D eigenvalue weighted by Crippen LogP contribution is -2.49. The summed E-state index contributed by atoms with van der Waals surface area (Å²) in [5, 5.41) is 0. The first-order valence-electron chi connectivity index (χ1n) is 4.96. The van der Waals surface area contributed by atoms with Gasteiger partial charge in [0.15, 0.2) is 16.0 Å². The molecule has 1 fully saturated rings. The van der Waals surface area contributed by atoms with Gasteiger partial charge in [0.05, 0.1) is 0 Å².